The van der Waals surface area contributed by atoms with Crippen LogP contribution in [0, 0.1) is 0 Å². The van der Waals surface area contributed by atoms with Crippen molar-refractivity contribution >= 4 is 12.1 Å². The molecule has 0 atom stereocenters. The lowest BCUT2D eigenvalue weighted by Gasteiger charge is -1.99. The maximum atomic E-state index is 8.04. The van der Waals surface area contributed by atoms with E-state index in [9.17, 15) is 0 Å². The summed E-state index contributed by atoms with van der Waals surface area (Å²) in [7, 11) is 1.60. The normalized spacial score (nSPS) is 13.6. The minimum Gasteiger partial charge on any atom is -0.497 e. The zero-order chi connectivity index (χ0) is 13.0. The van der Waals surface area contributed by atoms with Crippen LogP contribution in [0.3, 0.4) is 0 Å². The molecule has 0 amide bonds. The summed E-state index contributed by atoms with van der Waals surface area (Å²) in [5, 5.41) is 0. The molecule has 0 radical (unpaired) electrons. The summed E-state index contributed by atoms with van der Waals surface area (Å²) in [6.07, 6.45) is 0. The van der Waals surface area contributed by atoms with Crippen LogP contribution in [-0.2, 0) is 0 Å². The smallest absolute Gasteiger partial charge is 0.118 e. The van der Waals surface area contributed by atoms with E-state index < -0.39 is 0 Å². The Kier molecular flexibility index (Phi) is 2.64. The van der Waals surface area contributed by atoms with Gasteiger partial charge in [0.05, 0.1) is 9.85 Å². The van der Waals surface area contributed by atoms with E-state index in [0.29, 0.717) is 5.56 Å². The second kappa shape index (κ2) is 5.17. The van der Waals surface area contributed by atoms with Crippen LogP contribution in [0.5, 0.6) is 5.75 Å². The van der Waals surface area contributed by atoms with E-state index >= 15 is 0 Å². The Morgan fingerprint density at radius 3 is 2.00 bits per heavy atom. The predicted octanol–water partition coefficient (Wildman–Crippen LogP) is 3.87. The summed E-state index contributed by atoms with van der Waals surface area (Å²) in [4.78, 5) is 0. The van der Waals surface area contributed by atoms with E-state index in [0.717, 1.165) is 11.3 Å². The van der Waals surface area contributed by atoms with Gasteiger partial charge < -0.3 is 4.74 Å². The van der Waals surface area contributed by atoms with Crippen LogP contribution in [0.2, 0.25) is 0 Å². The van der Waals surface area contributed by atoms with Crippen molar-refractivity contribution in [1.82, 2.24) is 0 Å². The minimum absolute atomic E-state index is 0.212. The quantitative estimate of drug-likeness (QED) is 0.702. The Balaban J connectivity index is 2.37. The summed E-state index contributed by atoms with van der Waals surface area (Å²) >= 11 is 0. The van der Waals surface area contributed by atoms with Crippen molar-refractivity contribution in [1.29, 1.82) is 0 Å². The molecule has 0 aliphatic carbocycles. The van der Waals surface area contributed by atoms with Crippen molar-refractivity contribution in [3.63, 3.8) is 0 Å². The van der Waals surface area contributed by atoms with Crippen LogP contribution in [0.4, 0.5) is 0 Å². The molecule has 1 heteroatoms. The Bertz CT molecular complexity index is 544. The highest BCUT2D eigenvalue weighted by Gasteiger charge is 1.90. The van der Waals surface area contributed by atoms with E-state index in [1.54, 1.807) is 31.4 Å². The van der Waals surface area contributed by atoms with Crippen LogP contribution in [0.1, 0.15) is 13.9 Å². The predicted molar refractivity (Wildman–Crippen MR) is 68.4 cm³/mol. The van der Waals surface area contributed by atoms with Gasteiger partial charge >= 0.3 is 0 Å². The first kappa shape index (κ1) is 8.17. The third-order valence-electron chi connectivity index (χ3n) is 2.21. The Labute approximate surface area is 98.8 Å². The molecule has 0 saturated carbocycles. The van der Waals surface area contributed by atoms with Gasteiger partial charge in [0.1, 0.15) is 5.75 Å². The lowest BCUT2D eigenvalue weighted by Crippen LogP contribution is -1.81. The van der Waals surface area contributed by atoms with Crippen LogP contribution in [-0.4, -0.2) is 7.11 Å². The summed E-state index contributed by atoms with van der Waals surface area (Å²) in [6, 6.07) is 16.9. The molecule has 2 aromatic carbocycles. The summed E-state index contributed by atoms with van der Waals surface area (Å²) in [5.74, 6) is 0.748. The monoisotopic (exact) mass is 212 g/mol. The maximum Gasteiger partial charge on any atom is 0.118 e. The molecule has 0 heterocycles. The third kappa shape index (κ3) is 2.74. The first-order chi connectivity index (χ1) is 8.72. The van der Waals surface area contributed by atoms with Gasteiger partial charge in [-0.1, -0.05) is 54.6 Å². The third-order valence-corrected chi connectivity index (χ3v) is 2.21. The molecule has 2 rings (SSSR count). The van der Waals surface area contributed by atoms with Crippen molar-refractivity contribution in [3.8, 4) is 5.75 Å². The summed E-state index contributed by atoms with van der Waals surface area (Å²) in [5.41, 5.74) is 1.46. The zero-order valence-corrected chi connectivity index (χ0v) is 9.10. The highest BCUT2D eigenvalue weighted by molar-refractivity contribution is 5.69. The Morgan fingerprint density at radius 2 is 1.44 bits per heavy atom. The fourth-order valence-corrected chi connectivity index (χ4v) is 1.34. The number of rotatable bonds is 3. The van der Waals surface area contributed by atoms with Gasteiger partial charge in [-0.05, 0) is 23.3 Å². The molecular formula is C15H14O. The van der Waals surface area contributed by atoms with Crippen molar-refractivity contribution < 1.29 is 7.48 Å². The Hall–Kier alpha value is -2.02. The molecule has 0 aliphatic rings. The molecule has 0 bridgehead atoms. The van der Waals surface area contributed by atoms with Crippen LogP contribution < -0.4 is 4.74 Å². The van der Waals surface area contributed by atoms with E-state index in [-0.39, 0.29) is 12.1 Å². The van der Waals surface area contributed by atoms with Gasteiger partial charge in [0.25, 0.3) is 0 Å². The van der Waals surface area contributed by atoms with Crippen LogP contribution >= 0.6 is 0 Å². The minimum atomic E-state index is 0.212. The summed E-state index contributed by atoms with van der Waals surface area (Å²) in [6.45, 7) is 0. The van der Waals surface area contributed by atoms with Crippen molar-refractivity contribution in [3.05, 3.63) is 65.7 Å². The van der Waals surface area contributed by atoms with Gasteiger partial charge in [0.2, 0.25) is 0 Å². The van der Waals surface area contributed by atoms with Gasteiger partial charge in [-0.25, -0.2) is 0 Å². The highest BCUT2D eigenvalue weighted by Crippen LogP contribution is 2.13. The fourth-order valence-electron chi connectivity index (χ4n) is 1.34. The SMILES string of the molecule is [2H]/C(=C(/[2H])c1ccc(OC)cc1)c1ccccc1. The molecular weight excluding hydrogens is 196 g/mol. The Morgan fingerprint density at radius 1 is 0.875 bits per heavy atom. The molecule has 0 fully saturated rings. The maximum absolute atomic E-state index is 8.04. The number of hydrogen-bond donors (Lipinski definition) is 0. The fraction of sp³-hybridized carbons (Fsp3) is 0.0667. The molecule has 0 saturated heterocycles. The molecule has 0 aliphatic heterocycles. The number of benzene rings is 2. The number of ether oxygens (including phenoxy) is 1. The van der Waals surface area contributed by atoms with Crippen molar-refractivity contribution in [2.45, 2.75) is 0 Å². The first-order valence-electron chi connectivity index (χ1n) is 6.09. The average molecular weight is 212 g/mol. The largest absolute Gasteiger partial charge is 0.497 e. The molecule has 1 nitrogen and oxygen atoms in total. The number of methoxy groups -OCH3 is 1. The second-order valence-electron chi connectivity index (χ2n) is 3.34. The van der Waals surface area contributed by atoms with Crippen molar-refractivity contribution in [2.75, 3.05) is 7.11 Å². The highest BCUT2D eigenvalue weighted by atomic mass is 16.5. The van der Waals surface area contributed by atoms with Gasteiger partial charge in [-0.3, -0.25) is 0 Å². The second-order valence-corrected chi connectivity index (χ2v) is 3.34. The standard InChI is InChI=1S/C15H14O/c1-16-15-11-9-14(10-12-15)8-7-13-5-3-2-4-6-13/h2-12H,1H3/b8-7+/i7D,8D. The van der Waals surface area contributed by atoms with Crippen LogP contribution in [0.25, 0.3) is 12.1 Å². The number of hydrogen-bond acceptors (Lipinski definition) is 1. The van der Waals surface area contributed by atoms with E-state index in [2.05, 4.69) is 0 Å². The first-order valence-corrected chi connectivity index (χ1v) is 5.09. The topological polar surface area (TPSA) is 9.23 Å². The lowest BCUT2D eigenvalue weighted by molar-refractivity contribution is 0.415. The zero-order valence-electron chi connectivity index (χ0n) is 11.1. The molecule has 2 aromatic rings. The molecule has 0 aromatic heterocycles. The van der Waals surface area contributed by atoms with E-state index in [4.69, 9.17) is 7.48 Å². The molecule has 0 N–H and O–H groups in total. The van der Waals surface area contributed by atoms with Gasteiger partial charge in [0.15, 0.2) is 0 Å². The molecule has 16 heavy (non-hydrogen) atoms. The van der Waals surface area contributed by atoms with Gasteiger partial charge in [-0.2, -0.15) is 0 Å². The van der Waals surface area contributed by atoms with E-state index in [1.807, 2.05) is 30.3 Å². The van der Waals surface area contributed by atoms with Gasteiger partial charge in [0, 0.05) is 0 Å². The lowest BCUT2D eigenvalue weighted by atomic mass is 10.1. The summed E-state index contributed by atoms with van der Waals surface area (Å²) < 4.78 is 21.1. The van der Waals surface area contributed by atoms with Gasteiger partial charge in [-0.15, -0.1) is 0 Å². The molecule has 80 valence electrons. The van der Waals surface area contributed by atoms with Crippen LogP contribution in [0.15, 0.2) is 54.6 Å². The van der Waals surface area contributed by atoms with E-state index in [1.165, 1.54) is 0 Å². The average Bonchev–Trinajstić information content (AvgIpc) is 2.47. The van der Waals surface area contributed by atoms with Crippen molar-refractivity contribution in [2.24, 2.45) is 0 Å². The molecule has 0 spiro atoms. The molecule has 0 unspecified atom stereocenters.